The third kappa shape index (κ3) is 5.72. The molecule has 0 spiro atoms. The summed E-state index contributed by atoms with van der Waals surface area (Å²) in [6.45, 7) is 4.94. The number of aliphatic imine (C=N–C) groups is 1. The number of likely N-dealkylation sites (tertiary alicyclic amines) is 1. The molecule has 0 aromatic heterocycles. The molecule has 1 N–H and O–H groups in total. The molecule has 1 fully saturated rings. The van der Waals surface area contributed by atoms with Crippen LogP contribution in [0.3, 0.4) is 0 Å². The van der Waals surface area contributed by atoms with Crippen molar-refractivity contribution in [2.24, 2.45) is 4.99 Å². The Bertz CT molecular complexity index is 974. The summed E-state index contributed by atoms with van der Waals surface area (Å²) in [7, 11) is 7.10. The fraction of sp³-hybridized carbons (Fsp3) is 0.440. The predicted molar refractivity (Wildman–Crippen MR) is 127 cm³/mol. The van der Waals surface area contributed by atoms with Gasteiger partial charge in [-0.3, -0.25) is 9.79 Å². The van der Waals surface area contributed by atoms with E-state index in [9.17, 15) is 4.79 Å². The molecule has 1 amide bonds. The first kappa shape index (κ1) is 23.4. The summed E-state index contributed by atoms with van der Waals surface area (Å²) in [6.07, 6.45) is 1.63. The van der Waals surface area contributed by atoms with E-state index >= 15 is 0 Å². The Morgan fingerprint density at radius 1 is 1.16 bits per heavy atom. The number of amides is 1. The van der Waals surface area contributed by atoms with Crippen molar-refractivity contribution in [1.29, 1.82) is 0 Å². The lowest BCUT2D eigenvalue weighted by molar-refractivity contribution is -0.128. The van der Waals surface area contributed by atoms with Crippen molar-refractivity contribution in [2.45, 2.75) is 39.4 Å². The van der Waals surface area contributed by atoms with Crippen molar-refractivity contribution in [3.8, 4) is 11.5 Å². The quantitative estimate of drug-likeness (QED) is 0.506. The first-order chi connectivity index (χ1) is 15.4. The van der Waals surface area contributed by atoms with Gasteiger partial charge in [0.15, 0.2) is 17.5 Å². The number of guanidine groups is 1. The summed E-state index contributed by atoms with van der Waals surface area (Å²) in [4.78, 5) is 20.4. The van der Waals surface area contributed by atoms with Crippen molar-refractivity contribution in [2.75, 3.05) is 34.9 Å². The Kier molecular flexibility index (Phi) is 7.98. The molecule has 7 heteroatoms. The number of carbonyl (C=O) groups excluding carboxylic acids is 1. The Balaban J connectivity index is 1.62. The molecule has 7 nitrogen and oxygen atoms in total. The third-order valence-electron chi connectivity index (χ3n) is 5.81. The zero-order valence-electron chi connectivity index (χ0n) is 19.8. The molecule has 0 radical (unpaired) electrons. The van der Waals surface area contributed by atoms with E-state index in [1.165, 1.54) is 0 Å². The second-order valence-electron chi connectivity index (χ2n) is 8.13. The molecule has 32 heavy (non-hydrogen) atoms. The van der Waals surface area contributed by atoms with Crippen LogP contribution in [0.1, 0.15) is 35.1 Å². The number of hydrogen-bond donors (Lipinski definition) is 1. The van der Waals surface area contributed by atoms with Crippen molar-refractivity contribution < 1.29 is 14.3 Å². The first-order valence-electron chi connectivity index (χ1n) is 10.9. The van der Waals surface area contributed by atoms with Crippen LogP contribution in [0.5, 0.6) is 11.5 Å². The average Bonchev–Trinajstić information content (AvgIpc) is 3.19. The largest absolute Gasteiger partial charge is 0.493 e. The van der Waals surface area contributed by atoms with Gasteiger partial charge in [0.05, 0.1) is 14.2 Å². The number of rotatable bonds is 8. The van der Waals surface area contributed by atoms with E-state index in [-0.39, 0.29) is 5.91 Å². The van der Waals surface area contributed by atoms with Gasteiger partial charge in [-0.05, 0) is 47.7 Å². The number of methoxy groups -OCH3 is 2. The maximum atomic E-state index is 11.9. The van der Waals surface area contributed by atoms with Crippen LogP contribution >= 0.6 is 0 Å². The standard InChI is InChI=1S/C25H34N4O3/c1-18-12-22(31-4)23(32-5)14-21(18)17-28(3)25(26-2)27-15-19-8-6-9-20(13-19)16-29-11-7-10-24(29)30/h6,8-9,12-14H,7,10-11,15-17H2,1-5H3,(H,26,27). The van der Waals surface area contributed by atoms with E-state index < -0.39 is 0 Å². The summed E-state index contributed by atoms with van der Waals surface area (Å²) in [5, 5.41) is 3.45. The predicted octanol–water partition coefficient (Wildman–Crippen LogP) is 3.34. The van der Waals surface area contributed by atoms with Gasteiger partial charge in [0.25, 0.3) is 0 Å². The van der Waals surface area contributed by atoms with Gasteiger partial charge in [-0.1, -0.05) is 24.3 Å². The lowest BCUT2D eigenvalue weighted by Crippen LogP contribution is -2.38. The molecule has 0 bridgehead atoms. The second-order valence-corrected chi connectivity index (χ2v) is 8.13. The Morgan fingerprint density at radius 3 is 2.53 bits per heavy atom. The van der Waals surface area contributed by atoms with Crippen LogP contribution in [0.15, 0.2) is 41.4 Å². The summed E-state index contributed by atoms with van der Waals surface area (Å²) in [5.74, 6) is 2.51. The molecule has 3 rings (SSSR count). The SMILES string of the molecule is CN=C(NCc1cccc(CN2CCCC2=O)c1)N(C)Cc1cc(OC)c(OC)cc1C. The number of hydrogen-bond acceptors (Lipinski definition) is 4. The fourth-order valence-electron chi connectivity index (χ4n) is 4.02. The molecular formula is C25H34N4O3. The minimum Gasteiger partial charge on any atom is -0.493 e. The summed E-state index contributed by atoms with van der Waals surface area (Å²) in [5.41, 5.74) is 4.59. The molecule has 0 atom stereocenters. The average molecular weight is 439 g/mol. The number of carbonyl (C=O) groups is 1. The Hall–Kier alpha value is -3.22. The normalized spacial score (nSPS) is 14.0. The molecule has 1 saturated heterocycles. The molecular weight excluding hydrogens is 404 g/mol. The maximum Gasteiger partial charge on any atom is 0.222 e. The van der Waals surface area contributed by atoms with Crippen molar-refractivity contribution >= 4 is 11.9 Å². The van der Waals surface area contributed by atoms with Gasteiger partial charge in [-0.2, -0.15) is 0 Å². The van der Waals surface area contributed by atoms with Gasteiger partial charge < -0.3 is 24.6 Å². The molecule has 0 saturated carbocycles. The second kappa shape index (κ2) is 10.9. The zero-order chi connectivity index (χ0) is 23.1. The van der Waals surface area contributed by atoms with Crippen molar-refractivity contribution in [3.63, 3.8) is 0 Å². The van der Waals surface area contributed by atoms with E-state index in [1.54, 1.807) is 21.3 Å². The summed E-state index contributed by atoms with van der Waals surface area (Å²) < 4.78 is 10.9. The van der Waals surface area contributed by atoms with Gasteiger partial charge in [0.2, 0.25) is 5.91 Å². The smallest absolute Gasteiger partial charge is 0.222 e. The highest BCUT2D eigenvalue weighted by atomic mass is 16.5. The summed E-state index contributed by atoms with van der Waals surface area (Å²) in [6, 6.07) is 12.4. The number of aryl methyl sites for hydroxylation is 1. The van der Waals surface area contributed by atoms with Gasteiger partial charge in [-0.15, -0.1) is 0 Å². The number of nitrogens with zero attached hydrogens (tertiary/aromatic N) is 3. The van der Waals surface area contributed by atoms with Crippen molar-refractivity contribution in [3.05, 3.63) is 58.7 Å². The van der Waals surface area contributed by atoms with E-state index in [4.69, 9.17) is 9.47 Å². The molecule has 172 valence electrons. The summed E-state index contributed by atoms with van der Waals surface area (Å²) >= 11 is 0. The molecule has 1 heterocycles. The zero-order valence-corrected chi connectivity index (χ0v) is 19.8. The fourth-order valence-corrected chi connectivity index (χ4v) is 4.02. The van der Waals surface area contributed by atoms with Crippen LogP contribution in [-0.2, 0) is 24.4 Å². The molecule has 1 aliphatic heterocycles. The van der Waals surface area contributed by atoms with Crippen LogP contribution in [0.4, 0.5) is 0 Å². The lowest BCUT2D eigenvalue weighted by Gasteiger charge is -2.24. The molecule has 2 aromatic rings. The van der Waals surface area contributed by atoms with Gasteiger partial charge in [-0.25, -0.2) is 0 Å². The van der Waals surface area contributed by atoms with Crippen molar-refractivity contribution in [1.82, 2.24) is 15.1 Å². The molecule has 0 unspecified atom stereocenters. The van der Waals surface area contributed by atoms with E-state index in [0.717, 1.165) is 52.7 Å². The molecule has 0 aliphatic carbocycles. The number of nitrogens with one attached hydrogen (secondary N) is 1. The maximum absolute atomic E-state index is 11.9. The van der Waals surface area contributed by atoms with Gasteiger partial charge in [0.1, 0.15) is 0 Å². The number of ether oxygens (including phenoxy) is 2. The Labute approximate surface area is 191 Å². The monoisotopic (exact) mass is 438 g/mol. The van der Waals surface area contributed by atoms with Crippen LogP contribution in [-0.4, -0.2) is 56.5 Å². The van der Waals surface area contributed by atoms with Gasteiger partial charge >= 0.3 is 0 Å². The van der Waals surface area contributed by atoms with Crippen LogP contribution in [0, 0.1) is 6.92 Å². The molecule has 1 aliphatic rings. The van der Waals surface area contributed by atoms with Crippen LogP contribution in [0.2, 0.25) is 0 Å². The van der Waals surface area contributed by atoms with Crippen LogP contribution < -0.4 is 14.8 Å². The van der Waals surface area contributed by atoms with Crippen LogP contribution in [0.25, 0.3) is 0 Å². The first-order valence-corrected chi connectivity index (χ1v) is 10.9. The highest BCUT2D eigenvalue weighted by Gasteiger charge is 2.20. The van der Waals surface area contributed by atoms with E-state index in [1.807, 2.05) is 30.1 Å². The van der Waals surface area contributed by atoms with E-state index in [2.05, 4.69) is 40.3 Å². The highest BCUT2D eigenvalue weighted by molar-refractivity contribution is 5.79. The molecule has 2 aromatic carbocycles. The minimum atomic E-state index is 0.251. The highest BCUT2D eigenvalue weighted by Crippen LogP contribution is 2.30. The Morgan fingerprint density at radius 2 is 1.88 bits per heavy atom. The number of benzene rings is 2. The third-order valence-corrected chi connectivity index (χ3v) is 5.81. The minimum absolute atomic E-state index is 0.251. The van der Waals surface area contributed by atoms with Gasteiger partial charge in [0, 0.05) is 46.7 Å². The lowest BCUT2D eigenvalue weighted by atomic mass is 10.1. The topological polar surface area (TPSA) is 66.4 Å². The van der Waals surface area contributed by atoms with E-state index in [0.29, 0.717) is 26.1 Å².